The summed E-state index contributed by atoms with van der Waals surface area (Å²) in [6.07, 6.45) is 6.48. The Morgan fingerprint density at radius 2 is 2.19 bits per heavy atom. The fraction of sp³-hybridized carbons (Fsp3) is 0.294. The van der Waals surface area contributed by atoms with Gasteiger partial charge in [-0.1, -0.05) is 0 Å². The van der Waals surface area contributed by atoms with Crippen molar-refractivity contribution < 1.29 is 9.53 Å². The smallest absolute Gasteiger partial charge is 0.164 e. The Morgan fingerprint density at radius 3 is 2.90 bits per heavy atom. The third-order valence-electron chi connectivity index (χ3n) is 3.88. The van der Waals surface area contributed by atoms with Gasteiger partial charge in [0.05, 0.1) is 25.3 Å². The van der Waals surface area contributed by atoms with E-state index in [1.807, 2.05) is 29.1 Å². The van der Waals surface area contributed by atoms with E-state index in [4.69, 9.17) is 10.00 Å². The molecule has 0 spiro atoms. The molecule has 0 atom stereocenters. The Kier molecular flexibility index (Phi) is 3.49. The van der Waals surface area contributed by atoms with E-state index in [0.717, 1.165) is 35.3 Å². The highest BCUT2D eigenvalue weighted by molar-refractivity contribution is 5.98. The van der Waals surface area contributed by atoms with Crippen molar-refractivity contribution in [3.63, 3.8) is 0 Å². The van der Waals surface area contributed by atoms with Gasteiger partial charge in [0, 0.05) is 29.9 Å². The lowest BCUT2D eigenvalue weighted by Gasteiger charge is -2.09. The van der Waals surface area contributed by atoms with Crippen LogP contribution in [0.3, 0.4) is 0 Å². The van der Waals surface area contributed by atoms with Crippen LogP contribution < -0.4 is 4.74 Å². The van der Waals surface area contributed by atoms with Crippen molar-refractivity contribution in [2.75, 3.05) is 7.11 Å². The molecular weight excluding hydrogens is 264 g/mol. The van der Waals surface area contributed by atoms with E-state index < -0.39 is 0 Å². The van der Waals surface area contributed by atoms with Crippen LogP contribution in [0.15, 0.2) is 30.6 Å². The van der Waals surface area contributed by atoms with Gasteiger partial charge in [0.25, 0.3) is 0 Å². The third-order valence-corrected chi connectivity index (χ3v) is 3.88. The van der Waals surface area contributed by atoms with Crippen LogP contribution in [-0.2, 0) is 13.0 Å². The summed E-state index contributed by atoms with van der Waals surface area (Å²) in [5, 5.41) is 9.02. The lowest BCUT2D eigenvalue weighted by atomic mass is 9.95. The maximum Gasteiger partial charge on any atom is 0.164 e. The minimum atomic E-state index is 0.229. The third kappa shape index (κ3) is 2.55. The lowest BCUT2D eigenvalue weighted by molar-refractivity contribution is 0.0973. The fourth-order valence-electron chi connectivity index (χ4n) is 2.84. The SMILES string of the molecule is COc1ccc(C#N)cc1Cn1cc2c(c1)C(=O)CCC2. The van der Waals surface area contributed by atoms with Gasteiger partial charge in [-0.3, -0.25) is 4.79 Å². The van der Waals surface area contributed by atoms with Gasteiger partial charge in [-0.25, -0.2) is 0 Å². The molecular formula is C17H16N2O2. The zero-order valence-corrected chi connectivity index (χ0v) is 11.9. The Bertz CT molecular complexity index is 738. The molecule has 106 valence electrons. The van der Waals surface area contributed by atoms with Crippen LogP contribution >= 0.6 is 0 Å². The number of nitriles is 1. The summed E-state index contributed by atoms with van der Waals surface area (Å²) in [5.74, 6) is 0.986. The zero-order valence-electron chi connectivity index (χ0n) is 11.9. The molecule has 0 unspecified atom stereocenters. The lowest BCUT2D eigenvalue weighted by Crippen LogP contribution is -2.07. The van der Waals surface area contributed by atoms with E-state index in [1.54, 1.807) is 13.2 Å². The molecule has 1 aliphatic rings. The molecule has 2 aromatic rings. The van der Waals surface area contributed by atoms with E-state index >= 15 is 0 Å². The van der Waals surface area contributed by atoms with Crippen LogP contribution in [0.1, 0.15) is 39.9 Å². The van der Waals surface area contributed by atoms with Gasteiger partial charge in [0.1, 0.15) is 5.75 Å². The Morgan fingerprint density at radius 1 is 1.33 bits per heavy atom. The molecule has 0 N–H and O–H groups in total. The normalized spacial score (nSPS) is 13.6. The monoisotopic (exact) mass is 280 g/mol. The number of nitrogens with zero attached hydrogens (tertiary/aromatic N) is 2. The Balaban J connectivity index is 1.94. The summed E-state index contributed by atoms with van der Waals surface area (Å²) in [6.45, 7) is 0.596. The number of Topliss-reactive ketones (excluding diaryl/α,β-unsaturated/α-hetero) is 1. The van der Waals surface area contributed by atoms with Crippen LogP contribution in [0.2, 0.25) is 0 Å². The molecule has 1 heterocycles. The number of hydrogen-bond donors (Lipinski definition) is 0. The van der Waals surface area contributed by atoms with Gasteiger partial charge in [-0.2, -0.15) is 5.26 Å². The topological polar surface area (TPSA) is 55.0 Å². The van der Waals surface area contributed by atoms with Crippen molar-refractivity contribution in [2.45, 2.75) is 25.8 Å². The molecule has 0 aliphatic heterocycles. The molecule has 4 nitrogen and oxygen atoms in total. The standard InChI is InChI=1S/C17H16N2O2/c1-21-17-6-5-12(8-18)7-14(17)10-19-9-13-3-2-4-16(20)15(13)11-19/h5-7,9,11H,2-4,10H2,1H3. The van der Waals surface area contributed by atoms with Gasteiger partial charge in [0.2, 0.25) is 0 Å². The van der Waals surface area contributed by atoms with E-state index in [-0.39, 0.29) is 5.78 Å². The molecule has 0 bridgehead atoms. The van der Waals surface area contributed by atoms with Crippen molar-refractivity contribution in [2.24, 2.45) is 0 Å². The Hall–Kier alpha value is -2.54. The number of ketones is 1. The second kappa shape index (κ2) is 5.45. The molecule has 1 aromatic heterocycles. The minimum Gasteiger partial charge on any atom is -0.496 e. The molecule has 0 fully saturated rings. The number of rotatable bonds is 3. The van der Waals surface area contributed by atoms with Crippen LogP contribution in [0.4, 0.5) is 0 Å². The second-order valence-corrected chi connectivity index (χ2v) is 5.28. The van der Waals surface area contributed by atoms with Crippen molar-refractivity contribution in [3.8, 4) is 11.8 Å². The quantitative estimate of drug-likeness (QED) is 0.868. The number of hydrogen-bond acceptors (Lipinski definition) is 3. The average Bonchev–Trinajstić information content (AvgIpc) is 2.91. The second-order valence-electron chi connectivity index (χ2n) is 5.28. The first-order chi connectivity index (χ1) is 10.2. The van der Waals surface area contributed by atoms with Crippen molar-refractivity contribution in [3.05, 3.63) is 52.8 Å². The van der Waals surface area contributed by atoms with E-state index in [1.165, 1.54) is 0 Å². The van der Waals surface area contributed by atoms with Gasteiger partial charge in [-0.15, -0.1) is 0 Å². The average molecular weight is 280 g/mol. The zero-order chi connectivity index (χ0) is 14.8. The van der Waals surface area contributed by atoms with Crippen molar-refractivity contribution >= 4 is 5.78 Å². The maximum absolute atomic E-state index is 11.9. The number of carbonyl (C=O) groups is 1. The summed E-state index contributed by atoms with van der Waals surface area (Å²) in [4.78, 5) is 11.9. The van der Waals surface area contributed by atoms with E-state index in [0.29, 0.717) is 18.5 Å². The predicted molar refractivity (Wildman–Crippen MR) is 78.5 cm³/mol. The first-order valence-electron chi connectivity index (χ1n) is 7.00. The Labute approximate surface area is 123 Å². The van der Waals surface area contributed by atoms with E-state index in [9.17, 15) is 4.79 Å². The van der Waals surface area contributed by atoms with Crippen LogP contribution in [0.25, 0.3) is 0 Å². The van der Waals surface area contributed by atoms with Gasteiger partial charge in [0.15, 0.2) is 5.78 Å². The largest absolute Gasteiger partial charge is 0.496 e. The van der Waals surface area contributed by atoms with Gasteiger partial charge >= 0.3 is 0 Å². The molecule has 21 heavy (non-hydrogen) atoms. The molecule has 1 aromatic carbocycles. The maximum atomic E-state index is 11.9. The fourth-order valence-corrected chi connectivity index (χ4v) is 2.84. The van der Waals surface area contributed by atoms with E-state index in [2.05, 4.69) is 6.07 Å². The number of carbonyl (C=O) groups excluding carboxylic acids is 1. The first kappa shape index (κ1) is 13.4. The van der Waals surface area contributed by atoms with Crippen molar-refractivity contribution in [1.29, 1.82) is 5.26 Å². The number of aryl methyl sites for hydroxylation is 1. The highest BCUT2D eigenvalue weighted by Gasteiger charge is 2.19. The predicted octanol–water partition coefficient (Wildman–Crippen LogP) is 2.94. The summed E-state index contributed by atoms with van der Waals surface area (Å²) >= 11 is 0. The summed E-state index contributed by atoms with van der Waals surface area (Å²) in [5.41, 5.74) is 3.52. The summed E-state index contributed by atoms with van der Waals surface area (Å²) in [6, 6.07) is 7.53. The number of benzene rings is 1. The van der Waals surface area contributed by atoms with Gasteiger partial charge in [-0.05, 0) is 36.6 Å². The van der Waals surface area contributed by atoms with Crippen molar-refractivity contribution in [1.82, 2.24) is 4.57 Å². The summed E-state index contributed by atoms with van der Waals surface area (Å²) < 4.78 is 7.36. The van der Waals surface area contributed by atoms with Gasteiger partial charge < -0.3 is 9.30 Å². The molecule has 0 saturated heterocycles. The van der Waals surface area contributed by atoms with Crippen LogP contribution in [-0.4, -0.2) is 17.5 Å². The minimum absolute atomic E-state index is 0.229. The number of fused-ring (bicyclic) bond motifs is 1. The highest BCUT2D eigenvalue weighted by atomic mass is 16.5. The first-order valence-corrected chi connectivity index (χ1v) is 7.00. The molecule has 1 aliphatic carbocycles. The highest BCUT2D eigenvalue weighted by Crippen LogP contribution is 2.25. The van der Waals surface area contributed by atoms with Crippen LogP contribution in [0.5, 0.6) is 5.75 Å². The number of aromatic nitrogens is 1. The molecule has 0 saturated carbocycles. The molecule has 0 amide bonds. The molecule has 3 rings (SSSR count). The summed E-state index contributed by atoms with van der Waals surface area (Å²) in [7, 11) is 1.62. The molecule has 4 heteroatoms. The number of methoxy groups -OCH3 is 1. The van der Waals surface area contributed by atoms with Crippen LogP contribution in [0, 0.1) is 11.3 Å². The molecule has 0 radical (unpaired) electrons. The number of ether oxygens (including phenoxy) is 1.